The lowest BCUT2D eigenvalue weighted by molar-refractivity contribution is 0.482. The zero-order chi connectivity index (χ0) is 16.1. The highest BCUT2D eigenvalue weighted by atomic mass is 14.8. The van der Waals surface area contributed by atoms with Crippen molar-refractivity contribution in [1.82, 2.24) is 0 Å². The molecule has 1 heteroatoms. The van der Waals surface area contributed by atoms with E-state index in [-0.39, 0.29) is 5.92 Å². The summed E-state index contributed by atoms with van der Waals surface area (Å²) in [5.41, 5.74) is 9.73. The molecule has 0 amide bonds. The third-order valence-electron chi connectivity index (χ3n) is 4.39. The molecular formula is C22H21N. The van der Waals surface area contributed by atoms with E-state index < -0.39 is 5.54 Å². The van der Waals surface area contributed by atoms with Crippen LogP contribution >= 0.6 is 0 Å². The fourth-order valence-electron chi connectivity index (χ4n) is 3.20. The minimum absolute atomic E-state index is 0.0199. The lowest BCUT2D eigenvalue weighted by Crippen LogP contribution is -2.43. The molecule has 0 aromatic heterocycles. The van der Waals surface area contributed by atoms with Gasteiger partial charge in [-0.05, 0) is 16.7 Å². The molecular weight excluding hydrogens is 278 g/mol. The molecule has 0 heterocycles. The molecule has 0 saturated heterocycles. The van der Waals surface area contributed by atoms with Crippen molar-refractivity contribution >= 4 is 0 Å². The van der Waals surface area contributed by atoms with Crippen LogP contribution in [-0.2, 0) is 5.54 Å². The molecule has 2 N–H and O–H groups in total. The first-order valence-corrected chi connectivity index (χ1v) is 7.84. The summed E-state index contributed by atoms with van der Waals surface area (Å²) in [6.45, 7) is 4.07. The molecule has 0 aliphatic heterocycles. The summed E-state index contributed by atoms with van der Waals surface area (Å²) < 4.78 is 0. The highest BCUT2D eigenvalue weighted by Gasteiger charge is 2.37. The van der Waals surface area contributed by atoms with Gasteiger partial charge in [0.25, 0.3) is 0 Å². The van der Waals surface area contributed by atoms with Crippen LogP contribution in [0.1, 0.15) is 22.6 Å². The largest absolute Gasteiger partial charge is 0.317 e. The molecule has 3 aromatic carbocycles. The van der Waals surface area contributed by atoms with Gasteiger partial charge in [-0.1, -0.05) is 97.1 Å². The van der Waals surface area contributed by atoms with Crippen molar-refractivity contribution in [3.8, 4) is 0 Å². The van der Waals surface area contributed by atoms with E-state index in [0.29, 0.717) is 0 Å². The van der Waals surface area contributed by atoms with E-state index in [1.807, 2.05) is 60.7 Å². The standard InChI is InChI=1S/C22H21N/c1-2-21(18-12-6-3-7-13-18)22(23,19-14-8-4-9-15-19)20-16-10-5-11-17-20/h2-17,21H,1,23H2. The number of rotatable bonds is 5. The van der Waals surface area contributed by atoms with E-state index >= 15 is 0 Å². The van der Waals surface area contributed by atoms with Crippen LogP contribution in [0, 0.1) is 0 Å². The van der Waals surface area contributed by atoms with E-state index in [1.54, 1.807) is 0 Å². The second kappa shape index (κ2) is 6.64. The van der Waals surface area contributed by atoms with Gasteiger partial charge in [-0.15, -0.1) is 6.58 Å². The Hall–Kier alpha value is -2.64. The average Bonchev–Trinajstić information content (AvgIpc) is 2.64. The third-order valence-corrected chi connectivity index (χ3v) is 4.39. The Labute approximate surface area is 138 Å². The third kappa shape index (κ3) is 2.84. The molecule has 0 radical (unpaired) electrons. The van der Waals surface area contributed by atoms with Gasteiger partial charge in [0.15, 0.2) is 0 Å². The van der Waals surface area contributed by atoms with Crippen molar-refractivity contribution < 1.29 is 0 Å². The van der Waals surface area contributed by atoms with Gasteiger partial charge in [0.2, 0.25) is 0 Å². The Morgan fingerprint density at radius 2 is 1.09 bits per heavy atom. The molecule has 0 aliphatic carbocycles. The molecule has 1 nitrogen and oxygen atoms in total. The van der Waals surface area contributed by atoms with E-state index in [4.69, 9.17) is 5.73 Å². The van der Waals surface area contributed by atoms with Gasteiger partial charge in [-0.25, -0.2) is 0 Å². The molecule has 0 spiro atoms. The average molecular weight is 299 g/mol. The van der Waals surface area contributed by atoms with Gasteiger partial charge in [-0.3, -0.25) is 0 Å². The van der Waals surface area contributed by atoms with E-state index in [1.165, 1.54) is 0 Å². The smallest absolute Gasteiger partial charge is 0.0770 e. The van der Waals surface area contributed by atoms with Crippen molar-refractivity contribution in [3.63, 3.8) is 0 Å². The first-order valence-electron chi connectivity index (χ1n) is 7.84. The first kappa shape index (κ1) is 15.3. The quantitative estimate of drug-likeness (QED) is 0.669. The Balaban J connectivity index is 2.22. The molecule has 0 bridgehead atoms. The Bertz CT molecular complexity index is 708. The Kier molecular flexibility index (Phi) is 4.40. The summed E-state index contributed by atoms with van der Waals surface area (Å²) >= 11 is 0. The fraction of sp³-hybridized carbons (Fsp3) is 0.0909. The minimum Gasteiger partial charge on any atom is -0.317 e. The summed E-state index contributed by atoms with van der Waals surface area (Å²) in [5, 5.41) is 0. The van der Waals surface area contributed by atoms with Crippen LogP contribution < -0.4 is 5.73 Å². The molecule has 114 valence electrons. The van der Waals surface area contributed by atoms with Gasteiger partial charge in [0.1, 0.15) is 0 Å². The van der Waals surface area contributed by atoms with Crippen molar-refractivity contribution in [3.05, 3.63) is 120 Å². The maximum absolute atomic E-state index is 7.06. The Morgan fingerprint density at radius 1 is 0.696 bits per heavy atom. The summed E-state index contributed by atoms with van der Waals surface area (Å²) in [6, 6.07) is 30.8. The first-order chi connectivity index (χ1) is 11.3. The molecule has 23 heavy (non-hydrogen) atoms. The van der Waals surface area contributed by atoms with Gasteiger partial charge in [0.05, 0.1) is 5.54 Å². The maximum atomic E-state index is 7.06. The van der Waals surface area contributed by atoms with Crippen LogP contribution in [-0.4, -0.2) is 0 Å². The second-order valence-electron chi connectivity index (χ2n) is 5.73. The van der Waals surface area contributed by atoms with Gasteiger partial charge < -0.3 is 5.73 Å². The Morgan fingerprint density at radius 3 is 1.48 bits per heavy atom. The molecule has 3 aromatic rings. The maximum Gasteiger partial charge on any atom is 0.0770 e. The fourth-order valence-corrected chi connectivity index (χ4v) is 3.20. The van der Waals surface area contributed by atoms with Crippen LogP contribution in [0.25, 0.3) is 0 Å². The topological polar surface area (TPSA) is 26.0 Å². The zero-order valence-electron chi connectivity index (χ0n) is 13.1. The number of hydrogen-bond donors (Lipinski definition) is 1. The van der Waals surface area contributed by atoms with Crippen LogP contribution in [0.4, 0.5) is 0 Å². The van der Waals surface area contributed by atoms with E-state index in [0.717, 1.165) is 16.7 Å². The molecule has 0 aliphatic rings. The lowest BCUT2D eigenvalue weighted by Gasteiger charge is -2.37. The summed E-state index contributed by atoms with van der Waals surface area (Å²) in [5.74, 6) is -0.0199. The van der Waals surface area contributed by atoms with Gasteiger partial charge >= 0.3 is 0 Å². The van der Waals surface area contributed by atoms with Crippen LogP contribution in [0.2, 0.25) is 0 Å². The van der Waals surface area contributed by atoms with Gasteiger partial charge in [0, 0.05) is 5.92 Å². The predicted octanol–water partition coefficient (Wildman–Crippen LogP) is 4.86. The number of hydrogen-bond acceptors (Lipinski definition) is 1. The van der Waals surface area contributed by atoms with Crippen LogP contribution in [0.15, 0.2) is 104 Å². The van der Waals surface area contributed by atoms with E-state index in [2.05, 4.69) is 43.0 Å². The van der Waals surface area contributed by atoms with E-state index in [9.17, 15) is 0 Å². The molecule has 3 rings (SSSR count). The zero-order valence-corrected chi connectivity index (χ0v) is 13.1. The highest BCUT2D eigenvalue weighted by molar-refractivity contribution is 5.45. The SMILES string of the molecule is C=CC(c1ccccc1)C(N)(c1ccccc1)c1ccccc1. The van der Waals surface area contributed by atoms with Crippen molar-refractivity contribution in [1.29, 1.82) is 0 Å². The van der Waals surface area contributed by atoms with Crippen molar-refractivity contribution in [2.24, 2.45) is 5.73 Å². The highest BCUT2D eigenvalue weighted by Crippen LogP contribution is 2.40. The second-order valence-corrected chi connectivity index (χ2v) is 5.73. The number of nitrogens with two attached hydrogens (primary N) is 1. The molecule has 1 atom stereocenters. The monoisotopic (exact) mass is 299 g/mol. The van der Waals surface area contributed by atoms with Crippen LogP contribution in [0.5, 0.6) is 0 Å². The van der Waals surface area contributed by atoms with Crippen LogP contribution in [0.3, 0.4) is 0 Å². The lowest BCUT2D eigenvalue weighted by atomic mass is 9.71. The number of benzene rings is 3. The normalized spacial score (nSPS) is 12.6. The summed E-state index contributed by atoms with van der Waals surface area (Å²) in [6.07, 6.45) is 1.95. The minimum atomic E-state index is -0.661. The molecule has 0 fully saturated rings. The van der Waals surface area contributed by atoms with Gasteiger partial charge in [-0.2, -0.15) is 0 Å². The summed E-state index contributed by atoms with van der Waals surface area (Å²) in [4.78, 5) is 0. The molecule has 0 saturated carbocycles. The van der Waals surface area contributed by atoms with Crippen molar-refractivity contribution in [2.75, 3.05) is 0 Å². The summed E-state index contributed by atoms with van der Waals surface area (Å²) in [7, 11) is 0. The van der Waals surface area contributed by atoms with Crippen molar-refractivity contribution in [2.45, 2.75) is 11.5 Å². The predicted molar refractivity (Wildman–Crippen MR) is 97.2 cm³/mol. The molecule has 1 unspecified atom stereocenters.